The third kappa shape index (κ3) is 2.13. The highest BCUT2D eigenvalue weighted by molar-refractivity contribution is 7.09. The normalized spacial score (nSPS) is 8.50. The Bertz CT molecular complexity index is 232. The predicted octanol–water partition coefficient (Wildman–Crippen LogP) is 2.05. The van der Waals surface area contributed by atoms with Crippen LogP contribution in [-0.4, -0.2) is 13.1 Å². The first-order valence-corrected chi connectivity index (χ1v) is 3.84. The Kier molecular flexibility index (Phi) is 2.87. The van der Waals surface area contributed by atoms with Crippen LogP contribution < -0.4 is 0 Å². The molecular weight excluding hydrogens is 144 g/mol. The van der Waals surface area contributed by atoms with E-state index in [-0.39, 0.29) is 0 Å². The van der Waals surface area contributed by atoms with Gasteiger partial charge in [-0.3, -0.25) is 0 Å². The lowest BCUT2D eigenvalue weighted by atomic mass is 10.5. The number of hydrogen-bond donors (Lipinski definition) is 0. The Hall–Kier alpha value is -0.920. The summed E-state index contributed by atoms with van der Waals surface area (Å²) in [5.74, 6) is 0. The van der Waals surface area contributed by atoms with Crippen molar-refractivity contribution in [3.63, 3.8) is 0 Å². The van der Waals surface area contributed by atoms with Crippen molar-refractivity contribution >= 4 is 17.3 Å². The van der Waals surface area contributed by atoms with Crippen molar-refractivity contribution in [2.75, 3.05) is 7.05 Å². The fraction of sp³-hybridized carbons (Fsp3) is 0.286. The molecule has 0 saturated heterocycles. The van der Waals surface area contributed by atoms with Crippen LogP contribution in [0, 0.1) is 0 Å². The summed E-state index contributed by atoms with van der Waals surface area (Å²) in [6.45, 7) is 0.703. The largest absolute Gasteiger partial charge is 0.229 e. The molecule has 0 atom stereocenters. The van der Waals surface area contributed by atoms with Crippen LogP contribution in [0.5, 0.6) is 0 Å². The van der Waals surface area contributed by atoms with Crippen LogP contribution in [-0.2, 0) is 6.54 Å². The van der Waals surface area contributed by atoms with Crippen molar-refractivity contribution < 1.29 is 0 Å². The number of aliphatic imine (C=N–C) groups is 2. The molecular formula is C7H8N2S. The average molecular weight is 152 g/mol. The number of nitrogens with zero attached hydrogens (tertiary/aromatic N) is 2. The Morgan fingerprint density at radius 2 is 2.60 bits per heavy atom. The molecule has 0 aliphatic heterocycles. The van der Waals surface area contributed by atoms with Gasteiger partial charge in [0.25, 0.3) is 0 Å². The molecule has 0 spiro atoms. The molecule has 52 valence electrons. The van der Waals surface area contributed by atoms with E-state index in [1.54, 1.807) is 18.4 Å². The molecule has 3 heteroatoms. The van der Waals surface area contributed by atoms with Gasteiger partial charge < -0.3 is 0 Å². The quantitative estimate of drug-likeness (QED) is 0.579. The van der Waals surface area contributed by atoms with Crippen LogP contribution in [0.25, 0.3) is 0 Å². The van der Waals surface area contributed by atoms with Gasteiger partial charge in [-0.2, -0.15) is 0 Å². The number of hydrogen-bond acceptors (Lipinski definition) is 3. The van der Waals surface area contributed by atoms with E-state index in [1.807, 2.05) is 17.5 Å². The maximum absolute atomic E-state index is 3.93. The van der Waals surface area contributed by atoms with Gasteiger partial charge in [0.1, 0.15) is 0 Å². The van der Waals surface area contributed by atoms with Crippen molar-refractivity contribution in [2.24, 2.45) is 9.98 Å². The minimum atomic E-state index is 0.703. The zero-order valence-corrected chi connectivity index (χ0v) is 6.56. The van der Waals surface area contributed by atoms with E-state index in [4.69, 9.17) is 0 Å². The van der Waals surface area contributed by atoms with Crippen LogP contribution in [0.4, 0.5) is 0 Å². The molecule has 1 aromatic rings. The number of thiophene rings is 1. The summed E-state index contributed by atoms with van der Waals surface area (Å²) in [5, 5.41) is 2.04. The maximum Gasteiger partial charge on any atom is 0.0893 e. The molecule has 10 heavy (non-hydrogen) atoms. The van der Waals surface area contributed by atoms with Gasteiger partial charge in [-0.1, -0.05) is 6.07 Å². The highest BCUT2D eigenvalue weighted by Gasteiger charge is 1.86. The third-order valence-corrected chi connectivity index (χ3v) is 1.85. The first kappa shape index (κ1) is 7.19. The number of rotatable bonds is 2. The molecule has 0 aliphatic carbocycles. The highest BCUT2D eigenvalue weighted by atomic mass is 32.1. The fourth-order valence-corrected chi connectivity index (χ4v) is 1.21. The lowest BCUT2D eigenvalue weighted by Gasteiger charge is -1.81. The second kappa shape index (κ2) is 3.99. The Morgan fingerprint density at radius 3 is 3.20 bits per heavy atom. The molecule has 0 aliphatic rings. The molecule has 0 saturated carbocycles. The van der Waals surface area contributed by atoms with Crippen LogP contribution in [0.2, 0.25) is 0 Å². The zero-order chi connectivity index (χ0) is 7.23. The van der Waals surface area contributed by atoms with Crippen molar-refractivity contribution in [1.29, 1.82) is 0 Å². The SMILES string of the molecule is CN=C=NCc1cccs1. The van der Waals surface area contributed by atoms with E-state index >= 15 is 0 Å². The van der Waals surface area contributed by atoms with E-state index in [0.29, 0.717) is 6.54 Å². The molecule has 1 heterocycles. The molecule has 0 unspecified atom stereocenters. The molecule has 0 amide bonds. The second-order valence-corrected chi connectivity index (χ2v) is 2.75. The highest BCUT2D eigenvalue weighted by Crippen LogP contribution is 2.08. The Balaban J connectivity index is 2.49. The summed E-state index contributed by atoms with van der Waals surface area (Å²) in [7, 11) is 1.66. The summed E-state index contributed by atoms with van der Waals surface area (Å²) in [6, 6.07) is 6.60. The lowest BCUT2D eigenvalue weighted by molar-refractivity contribution is 1.11. The maximum atomic E-state index is 3.93. The van der Waals surface area contributed by atoms with Gasteiger partial charge in [0, 0.05) is 11.9 Å². The predicted molar refractivity (Wildman–Crippen MR) is 43.8 cm³/mol. The molecule has 0 fully saturated rings. The summed E-state index contributed by atoms with van der Waals surface area (Å²) >= 11 is 1.70. The summed E-state index contributed by atoms with van der Waals surface area (Å²) in [5.41, 5.74) is 0. The van der Waals surface area contributed by atoms with Crippen molar-refractivity contribution in [3.05, 3.63) is 22.4 Å². The van der Waals surface area contributed by atoms with Crippen LogP contribution in [0.15, 0.2) is 27.5 Å². The molecule has 2 nitrogen and oxygen atoms in total. The Labute approximate surface area is 64.0 Å². The van der Waals surface area contributed by atoms with Crippen molar-refractivity contribution in [3.8, 4) is 0 Å². The minimum Gasteiger partial charge on any atom is -0.229 e. The molecule has 0 N–H and O–H groups in total. The van der Waals surface area contributed by atoms with Gasteiger partial charge in [0.2, 0.25) is 0 Å². The first-order valence-electron chi connectivity index (χ1n) is 2.96. The molecule has 1 aromatic heterocycles. The smallest absolute Gasteiger partial charge is 0.0893 e. The molecule has 1 rings (SSSR count). The van der Waals surface area contributed by atoms with Gasteiger partial charge in [-0.25, -0.2) is 9.98 Å². The minimum absolute atomic E-state index is 0.703. The Morgan fingerprint density at radius 1 is 1.70 bits per heavy atom. The van der Waals surface area contributed by atoms with Gasteiger partial charge in [0.15, 0.2) is 0 Å². The first-order chi connectivity index (χ1) is 4.93. The third-order valence-electron chi connectivity index (χ3n) is 0.986. The van der Waals surface area contributed by atoms with Crippen LogP contribution in [0.1, 0.15) is 4.88 Å². The summed E-state index contributed by atoms with van der Waals surface area (Å²) in [6.07, 6.45) is 0. The van der Waals surface area contributed by atoms with E-state index in [2.05, 4.69) is 16.0 Å². The van der Waals surface area contributed by atoms with E-state index in [1.165, 1.54) is 4.88 Å². The standard InChI is InChI=1S/C7H8N2S/c1-8-6-9-5-7-3-2-4-10-7/h2-4H,5H2,1H3. The summed E-state index contributed by atoms with van der Waals surface area (Å²) < 4.78 is 0. The van der Waals surface area contributed by atoms with Gasteiger partial charge >= 0.3 is 0 Å². The second-order valence-electron chi connectivity index (χ2n) is 1.72. The van der Waals surface area contributed by atoms with E-state index in [0.717, 1.165) is 0 Å². The topological polar surface area (TPSA) is 24.7 Å². The zero-order valence-electron chi connectivity index (χ0n) is 5.74. The van der Waals surface area contributed by atoms with E-state index < -0.39 is 0 Å². The monoisotopic (exact) mass is 152 g/mol. The lowest BCUT2D eigenvalue weighted by Crippen LogP contribution is -1.69. The molecule has 0 radical (unpaired) electrons. The average Bonchev–Trinajstić information content (AvgIpc) is 2.41. The van der Waals surface area contributed by atoms with Gasteiger partial charge in [0.05, 0.1) is 12.6 Å². The van der Waals surface area contributed by atoms with Crippen LogP contribution in [0.3, 0.4) is 0 Å². The molecule has 0 bridgehead atoms. The van der Waals surface area contributed by atoms with Crippen molar-refractivity contribution in [1.82, 2.24) is 0 Å². The van der Waals surface area contributed by atoms with Gasteiger partial charge in [-0.15, -0.1) is 11.3 Å². The van der Waals surface area contributed by atoms with Crippen LogP contribution >= 0.6 is 11.3 Å². The molecule has 0 aromatic carbocycles. The van der Waals surface area contributed by atoms with Crippen molar-refractivity contribution in [2.45, 2.75) is 6.54 Å². The summed E-state index contributed by atoms with van der Waals surface area (Å²) in [4.78, 5) is 8.80. The fourth-order valence-electron chi connectivity index (χ4n) is 0.587. The van der Waals surface area contributed by atoms with Gasteiger partial charge in [-0.05, 0) is 11.4 Å². The van der Waals surface area contributed by atoms with E-state index in [9.17, 15) is 0 Å².